The summed E-state index contributed by atoms with van der Waals surface area (Å²) < 4.78 is 5.30. The number of urea groups is 1. The van der Waals surface area contributed by atoms with E-state index in [-0.39, 0.29) is 42.5 Å². The summed E-state index contributed by atoms with van der Waals surface area (Å²) in [6.07, 6.45) is 0. The van der Waals surface area contributed by atoms with E-state index in [4.69, 9.17) is 4.74 Å². The van der Waals surface area contributed by atoms with Gasteiger partial charge in [-0.3, -0.25) is 14.7 Å². The number of benzene rings is 1. The van der Waals surface area contributed by atoms with Crippen LogP contribution in [-0.2, 0) is 4.79 Å². The largest absolute Gasteiger partial charge is 0.497 e. The lowest BCUT2D eigenvalue weighted by molar-refractivity contribution is -0.124. The van der Waals surface area contributed by atoms with E-state index in [1.807, 2.05) is 18.2 Å². The zero-order valence-electron chi connectivity index (χ0n) is 16.2. The Kier molecular flexibility index (Phi) is 8.15. The minimum atomic E-state index is -0.330. The third kappa shape index (κ3) is 5.18. The van der Waals surface area contributed by atoms with Crippen LogP contribution in [0.5, 0.6) is 5.75 Å². The fraction of sp³-hybridized carbons (Fsp3) is 0.500. The van der Waals surface area contributed by atoms with E-state index < -0.39 is 0 Å². The van der Waals surface area contributed by atoms with Crippen LogP contribution >= 0.6 is 24.0 Å². The summed E-state index contributed by atoms with van der Waals surface area (Å²) in [5, 5.41) is 5.76. The molecule has 2 N–H and O–H groups in total. The Morgan fingerprint density at radius 2 is 2.00 bits per heavy atom. The molecule has 2 aliphatic heterocycles. The normalized spacial score (nSPS) is 17.4. The van der Waals surface area contributed by atoms with Gasteiger partial charge in [-0.05, 0) is 12.1 Å². The first-order valence-electron chi connectivity index (χ1n) is 9.05. The number of piperazine rings is 1. The molecule has 0 aromatic heterocycles. The maximum absolute atomic E-state index is 11.6. The van der Waals surface area contributed by atoms with Crippen molar-refractivity contribution in [2.75, 3.05) is 64.9 Å². The molecule has 2 heterocycles. The van der Waals surface area contributed by atoms with Crippen LogP contribution in [0.25, 0.3) is 0 Å². The number of hydrogen-bond acceptors (Lipinski definition) is 5. The first-order valence-corrected chi connectivity index (χ1v) is 9.05. The molecule has 0 bridgehead atoms. The highest BCUT2D eigenvalue weighted by molar-refractivity contribution is 14.0. The van der Waals surface area contributed by atoms with Crippen LogP contribution in [0, 0.1) is 0 Å². The number of carbonyl (C=O) groups is 2. The van der Waals surface area contributed by atoms with E-state index in [1.54, 1.807) is 14.2 Å². The number of anilines is 1. The van der Waals surface area contributed by atoms with Crippen LogP contribution in [0.15, 0.2) is 29.3 Å². The second-order valence-electron chi connectivity index (χ2n) is 6.35. The zero-order chi connectivity index (χ0) is 19.2. The minimum Gasteiger partial charge on any atom is -0.497 e. The Bertz CT molecular complexity index is 705. The van der Waals surface area contributed by atoms with Gasteiger partial charge in [0, 0.05) is 58.1 Å². The first-order chi connectivity index (χ1) is 13.1. The molecule has 154 valence electrons. The highest BCUT2D eigenvalue weighted by Gasteiger charge is 2.28. The zero-order valence-corrected chi connectivity index (χ0v) is 18.5. The van der Waals surface area contributed by atoms with Crippen molar-refractivity contribution >= 4 is 47.6 Å². The average molecular weight is 502 g/mol. The predicted octanol–water partition coefficient (Wildman–Crippen LogP) is 0.562. The van der Waals surface area contributed by atoms with E-state index in [0.29, 0.717) is 13.1 Å². The third-order valence-corrected chi connectivity index (χ3v) is 4.77. The molecule has 0 unspecified atom stereocenters. The lowest BCUT2D eigenvalue weighted by atomic mass is 10.2. The number of nitrogens with one attached hydrogen (secondary N) is 2. The molecule has 3 amide bonds. The average Bonchev–Trinajstić information content (AvgIpc) is 3.03. The van der Waals surface area contributed by atoms with E-state index in [9.17, 15) is 9.59 Å². The van der Waals surface area contributed by atoms with Crippen molar-refractivity contribution in [3.63, 3.8) is 0 Å². The SMILES string of the molecule is CN=C(NCCN1C(=O)CNC1=O)N1CCN(c2cccc(OC)c2)CC1.I. The molecule has 1 aromatic carbocycles. The van der Waals surface area contributed by atoms with Crippen LogP contribution in [0.1, 0.15) is 0 Å². The maximum Gasteiger partial charge on any atom is 0.324 e. The lowest BCUT2D eigenvalue weighted by Crippen LogP contribution is -2.53. The molecule has 0 radical (unpaired) electrons. The summed E-state index contributed by atoms with van der Waals surface area (Å²) in [5.41, 5.74) is 1.15. The topological polar surface area (TPSA) is 89.5 Å². The molecule has 2 fully saturated rings. The smallest absolute Gasteiger partial charge is 0.324 e. The molecule has 0 saturated carbocycles. The Morgan fingerprint density at radius 1 is 1.25 bits per heavy atom. The van der Waals surface area contributed by atoms with Crippen LogP contribution in [-0.4, -0.2) is 87.7 Å². The summed E-state index contributed by atoms with van der Waals surface area (Å²) in [5.74, 6) is 1.45. The predicted molar refractivity (Wildman–Crippen MR) is 119 cm³/mol. The molecule has 9 nitrogen and oxygen atoms in total. The van der Waals surface area contributed by atoms with Gasteiger partial charge in [0.05, 0.1) is 13.7 Å². The van der Waals surface area contributed by atoms with Crippen LogP contribution < -0.4 is 20.3 Å². The maximum atomic E-state index is 11.6. The number of hydrogen-bond donors (Lipinski definition) is 2. The van der Waals surface area contributed by atoms with Crippen molar-refractivity contribution < 1.29 is 14.3 Å². The van der Waals surface area contributed by atoms with Gasteiger partial charge in [-0.15, -0.1) is 24.0 Å². The lowest BCUT2D eigenvalue weighted by Gasteiger charge is -2.37. The summed E-state index contributed by atoms with van der Waals surface area (Å²) in [6, 6.07) is 7.74. The number of amides is 3. The monoisotopic (exact) mass is 502 g/mol. The molecular formula is C18H27IN6O3. The van der Waals surface area contributed by atoms with Gasteiger partial charge in [-0.1, -0.05) is 6.07 Å². The van der Waals surface area contributed by atoms with Crippen molar-refractivity contribution in [1.82, 2.24) is 20.4 Å². The number of carbonyl (C=O) groups excluding carboxylic acids is 2. The second-order valence-corrected chi connectivity index (χ2v) is 6.35. The fourth-order valence-corrected chi connectivity index (χ4v) is 3.28. The quantitative estimate of drug-likeness (QED) is 0.265. The molecule has 1 aromatic rings. The third-order valence-electron chi connectivity index (χ3n) is 4.77. The standard InChI is InChI=1S/C18H26N6O3.HI/c1-19-17(20-6-7-24-16(25)13-21-18(24)26)23-10-8-22(9-11-23)14-4-3-5-15(12-14)27-2;/h3-5,12H,6-11,13H2,1-2H3,(H,19,20)(H,21,26);1H. The number of methoxy groups -OCH3 is 1. The molecule has 2 aliphatic rings. The minimum absolute atomic E-state index is 0. The van der Waals surface area contributed by atoms with Crippen molar-refractivity contribution in [3.05, 3.63) is 24.3 Å². The van der Waals surface area contributed by atoms with E-state index >= 15 is 0 Å². The molecular weight excluding hydrogens is 475 g/mol. The number of aliphatic imine (C=N–C) groups is 1. The molecule has 2 saturated heterocycles. The number of nitrogens with zero attached hydrogens (tertiary/aromatic N) is 4. The van der Waals surface area contributed by atoms with Gasteiger partial charge >= 0.3 is 6.03 Å². The van der Waals surface area contributed by atoms with Crippen molar-refractivity contribution in [1.29, 1.82) is 0 Å². The molecule has 0 aliphatic carbocycles. The van der Waals surface area contributed by atoms with Crippen molar-refractivity contribution in [2.24, 2.45) is 4.99 Å². The fourth-order valence-electron chi connectivity index (χ4n) is 3.28. The summed E-state index contributed by atoms with van der Waals surface area (Å²) in [7, 11) is 3.41. The first kappa shape index (κ1) is 22.1. The molecule has 0 atom stereocenters. The highest BCUT2D eigenvalue weighted by Crippen LogP contribution is 2.22. The summed E-state index contributed by atoms with van der Waals surface area (Å²) in [4.78, 5) is 33.2. The number of guanidine groups is 1. The highest BCUT2D eigenvalue weighted by atomic mass is 127. The van der Waals surface area contributed by atoms with Gasteiger partial charge in [0.2, 0.25) is 5.91 Å². The van der Waals surface area contributed by atoms with Crippen LogP contribution in [0.2, 0.25) is 0 Å². The van der Waals surface area contributed by atoms with Gasteiger partial charge < -0.3 is 25.2 Å². The van der Waals surface area contributed by atoms with Gasteiger partial charge in [-0.2, -0.15) is 0 Å². The van der Waals surface area contributed by atoms with Gasteiger partial charge in [0.15, 0.2) is 5.96 Å². The Morgan fingerprint density at radius 3 is 2.61 bits per heavy atom. The van der Waals surface area contributed by atoms with Crippen LogP contribution in [0.4, 0.5) is 10.5 Å². The molecule has 3 rings (SSSR count). The summed E-state index contributed by atoms with van der Waals surface area (Å²) in [6.45, 7) is 4.30. The molecule has 28 heavy (non-hydrogen) atoms. The number of rotatable bonds is 5. The Hall–Kier alpha value is -2.24. The summed E-state index contributed by atoms with van der Waals surface area (Å²) >= 11 is 0. The number of ether oxygens (including phenoxy) is 1. The molecule has 0 spiro atoms. The molecule has 10 heteroatoms. The van der Waals surface area contributed by atoms with Crippen molar-refractivity contribution in [3.8, 4) is 5.75 Å². The second kappa shape index (κ2) is 10.3. The van der Waals surface area contributed by atoms with E-state index in [2.05, 4.69) is 31.5 Å². The van der Waals surface area contributed by atoms with E-state index in [1.165, 1.54) is 4.90 Å². The number of imide groups is 1. The Balaban J connectivity index is 0.00000280. The van der Waals surface area contributed by atoms with Crippen molar-refractivity contribution in [2.45, 2.75) is 0 Å². The number of halogens is 1. The van der Waals surface area contributed by atoms with Gasteiger partial charge in [0.1, 0.15) is 5.75 Å². The Labute approximate surface area is 182 Å². The van der Waals surface area contributed by atoms with Gasteiger partial charge in [0.25, 0.3) is 0 Å². The van der Waals surface area contributed by atoms with Crippen LogP contribution in [0.3, 0.4) is 0 Å². The van der Waals surface area contributed by atoms with Gasteiger partial charge in [-0.25, -0.2) is 4.79 Å². The van der Waals surface area contributed by atoms with E-state index in [0.717, 1.165) is 43.6 Å².